The summed E-state index contributed by atoms with van der Waals surface area (Å²) in [5, 5.41) is 0. The van der Waals surface area contributed by atoms with Gasteiger partial charge in [-0.1, -0.05) is 38.3 Å². The predicted molar refractivity (Wildman–Crippen MR) is 115 cm³/mol. The first-order chi connectivity index (χ1) is 13.0. The zero-order valence-electron chi connectivity index (χ0n) is 15.6. The van der Waals surface area contributed by atoms with Crippen LogP contribution in [0.1, 0.15) is 30.4 Å². The van der Waals surface area contributed by atoms with Gasteiger partial charge in [0.15, 0.2) is 0 Å². The first kappa shape index (κ1) is 20.4. The Hall–Kier alpha value is -1.33. The van der Waals surface area contributed by atoms with Crippen molar-refractivity contribution in [2.24, 2.45) is 11.8 Å². The summed E-state index contributed by atoms with van der Waals surface area (Å²) in [6.45, 7) is 0. The van der Waals surface area contributed by atoms with E-state index < -0.39 is 0 Å². The number of ether oxygens (including phenoxy) is 2. The minimum absolute atomic E-state index is 0.0662. The van der Waals surface area contributed by atoms with Gasteiger partial charge in [-0.25, -0.2) is 0 Å². The van der Waals surface area contributed by atoms with Crippen LogP contribution in [0.2, 0.25) is 0 Å². The van der Waals surface area contributed by atoms with Gasteiger partial charge in [0.25, 0.3) is 0 Å². The van der Waals surface area contributed by atoms with Crippen LogP contribution in [0.4, 0.5) is 0 Å². The van der Waals surface area contributed by atoms with Crippen molar-refractivity contribution in [1.29, 1.82) is 0 Å². The standard InChI is InChI=1S/C22H24Br2O3/c1-26-18-6-8-20(23)16(12-18)10-14-4-3-5-15(22(14)25)11-17-13-19(27-2)7-9-21(17)24/h6-9,12-15H,3-5,10-11H2,1-2H3/t14-,15+. The van der Waals surface area contributed by atoms with Crippen molar-refractivity contribution in [2.45, 2.75) is 32.1 Å². The monoisotopic (exact) mass is 494 g/mol. The summed E-state index contributed by atoms with van der Waals surface area (Å²) in [6, 6.07) is 11.9. The number of Topliss-reactive ketones (excluding diaryl/α,β-unsaturated/α-hetero) is 1. The number of hydrogen-bond acceptors (Lipinski definition) is 3. The van der Waals surface area contributed by atoms with E-state index in [1.54, 1.807) is 14.2 Å². The number of hydrogen-bond donors (Lipinski definition) is 0. The smallest absolute Gasteiger partial charge is 0.139 e. The maximum Gasteiger partial charge on any atom is 0.139 e. The second-order valence-electron chi connectivity index (χ2n) is 7.05. The number of methoxy groups -OCH3 is 2. The maximum atomic E-state index is 13.2. The Morgan fingerprint density at radius 3 is 1.70 bits per heavy atom. The normalized spacial score (nSPS) is 19.8. The molecule has 0 aromatic heterocycles. The molecule has 0 saturated heterocycles. The summed E-state index contributed by atoms with van der Waals surface area (Å²) in [5.74, 6) is 2.17. The van der Waals surface area contributed by atoms with Crippen molar-refractivity contribution in [1.82, 2.24) is 0 Å². The van der Waals surface area contributed by atoms with E-state index in [4.69, 9.17) is 9.47 Å². The fraction of sp³-hybridized carbons (Fsp3) is 0.409. The third-order valence-electron chi connectivity index (χ3n) is 5.35. The van der Waals surface area contributed by atoms with E-state index in [0.717, 1.165) is 63.7 Å². The van der Waals surface area contributed by atoms with Gasteiger partial charge < -0.3 is 9.47 Å². The number of benzene rings is 2. The average molecular weight is 496 g/mol. The van der Waals surface area contributed by atoms with E-state index in [1.807, 2.05) is 36.4 Å². The quantitative estimate of drug-likeness (QED) is 0.493. The van der Waals surface area contributed by atoms with Crippen LogP contribution in [0.25, 0.3) is 0 Å². The van der Waals surface area contributed by atoms with E-state index in [0.29, 0.717) is 5.78 Å². The van der Waals surface area contributed by atoms with Crippen LogP contribution < -0.4 is 9.47 Å². The number of carbonyl (C=O) groups is 1. The Bertz CT molecular complexity index is 754. The molecule has 1 aliphatic rings. The molecule has 1 saturated carbocycles. The second kappa shape index (κ2) is 9.24. The Labute approximate surface area is 177 Å². The summed E-state index contributed by atoms with van der Waals surface area (Å²) in [4.78, 5) is 13.2. The molecule has 5 heteroatoms. The van der Waals surface area contributed by atoms with E-state index in [1.165, 1.54) is 0 Å². The number of ketones is 1. The van der Waals surface area contributed by atoms with E-state index >= 15 is 0 Å². The van der Waals surface area contributed by atoms with E-state index in [2.05, 4.69) is 31.9 Å². The lowest BCUT2D eigenvalue weighted by molar-refractivity contribution is -0.129. The topological polar surface area (TPSA) is 35.5 Å². The van der Waals surface area contributed by atoms with Crippen LogP contribution in [0.5, 0.6) is 11.5 Å². The molecular weight excluding hydrogens is 472 g/mol. The van der Waals surface area contributed by atoms with Gasteiger partial charge in [-0.05, 0) is 73.2 Å². The second-order valence-corrected chi connectivity index (χ2v) is 8.76. The summed E-state index contributed by atoms with van der Waals surface area (Å²) >= 11 is 7.23. The molecule has 1 aliphatic carbocycles. The summed E-state index contributed by atoms with van der Waals surface area (Å²) in [6.07, 6.45) is 4.51. The van der Waals surface area contributed by atoms with Gasteiger partial charge in [0, 0.05) is 20.8 Å². The van der Waals surface area contributed by atoms with Crippen molar-refractivity contribution in [2.75, 3.05) is 14.2 Å². The van der Waals surface area contributed by atoms with Gasteiger partial charge in [0.2, 0.25) is 0 Å². The Balaban J connectivity index is 1.74. The molecule has 2 aromatic carbocycles. The summed E-state index contributed by atoms with van der Waals surface area (Å²) in [7, 11) is 3.33. The number of halogens is 2. The Morgan fingerprint density at radius 2 is 1.30 bits per heavy atom. The molecular formula is C22H24Br2O3. The molecule has 144 valence electrons. The number of carbonyl (C=O) groups excluding carboxylic acids is 1. The lowest BCUT2D eigenvalue weighted by Gasteiger charge is -2.28. The molecule has 0 spiro atoms. The van der Waals surface area contributed by atoms with Crippen molar-refractivity contribution >= 4 is 37.6 Å². The summed E-state index contributed by atoms with van der Waals surface area (Å²) < 4.78 is 12.7. The highest BCUT2D eigenvalue weighted by Crippen LogP contribution is 2.35. The van der Waals surface area contributed by atoms with Crippen LogP contribution in [-0.4, -0.2) is 20.0 Å². The van der Waals surface area contributed by atoms with Crippen molar-refractivity contribution in [3.05, 3.63) is 56.5 Å². The zero-order chi connectivity index (χ0) is 19.4. The number of rotatable bonds is 6. The molecule has 27 heavy (non-hydrogen) atoms. The molecule has 2 atom stereocenters. The first-order valence-electron chi connectivity index (χ1n) is 9.20. The molecule has 0 aliphatic heterocycles. The van der Waals surface area contributed by atoms with Crippen LogP contribution >= 0.6 is 31.9 Å². The van der Waals surface area contributed by atoms with Gasteiger partial charge in [-0.3, -0.25) is 4.79 Å². The molecule has 2 aromatic rings. The Morgan fingerprint density at radius 1 is 0.852 bits per heavy atom. The highest BCUT2D eigenvalue weighted by atomic mass is 79.9. The van der Waals surface area contributed by atoms with Crippen LogP contribution in [0.15, 0.2) is 45.3 Å². The molecule has 3 nitrogen and oxygen atoms in total. The predicted octanol–water partition coefficient (Wildman–Crippen LogP) is 6.00. The summed E-state index contributed by atoms with van der Waals surface area (Å²) in [5.41, 5.74) is 2.27. The molecule has 1 fully saturated rings. The Kier molecular flexibility index (Phi) is 6.99. The lowest BCUT2D eigenvalue weighted by atomic mass is 9.75. The minimum atomic E-state index is 0.0662. The van der Waals surface area contributed by atoms with Crippen LogP contribution in [0, 0.1) is 11.8 Å². The van der Waals surface area contributed by atoms with E-state index in [-0.39, 0.29) is 11.8 Å². The third-order valence-corrected chi connectivity index (χ3v) is 6.90. The average Bonchev–Trinajstić information content (AvgIpc) is 2.68. The van der Waals surface area contributed by atoms with E-state index in [9.17, 15) is 4.79 Å². The molecule has 0 heterocycles. The van der Waals surface area contributed by atoms with Crippen LogP contribution in [-0.2, 0) is 17.6 Å². The molecule has 0 bridgehead atoms. The lowest BCUT2D eigenvalue weighted by Crippen LogP contribution is -2.31. The van der Waals surface area contributed by atoms with Crippen LogP contribution in [0.3, 0.4) is 0 Å². The van der Waals surface area contributed by atoms with Gasteiger partial charge >= 0.3 is 0 Å². The molecule has 0 N–H and O–H groups in total. The highest BCUT2D eigenvalue weighted by Gasteiger charge is 2.32. The third kappa shape index (κ3) is 4.94. The largest absolute Gasteiger partial charge is 0.497 e. The van der Waals surface area contributed by atoms with Crippen molar-refractivity contribution in [3.63, 3.8) is 0 Å². The molecule has 3 rings (SSSR count). The fourth-order valence-electron chi connectivity index (χ4n) is 3.83. The zero-order valence-corrected chi connectivity index (χ0v) is 18.8. The SMILES string of the molecule is COc1ccc(Br)c(C[C@H]2CCC[C@@H](Cc3cc(OC)ccc3Br)C2=O)c1. The molecule has 0 amide bonds. The highest BCUT2D eigenvalue weighted by molar-refractivity contribution is 9.10. The fourth-order valence-corrected chi connectivity index (χ4v) is 4.65. The minimum Gasteiger partial charge on any atom is -0.497 e. The molecule has 0 radical (unpaired) electrons. The van der Waals surface area contributed by atoms with Crippen molar-refractivity contribution < 1.29 is 14.3 Å². The molecule has 0 unspecified atom stereocenters. The van der Waals surface area contributed by atoms with Gasteiger partial charge in [-0.15, -0.1) is 0 Å². The van der Waals surface area contributed by atoms with Gasteiger partial charge in [0.05, 0.1) is 14.2 Å². The van der Waals surface area contributed by atoms with Crippen molar-refractivity contribution in [3.8, 4) is 11.5 Å². The van der Waals surface area contributed by atoms with Gasteiger partial charge in [0.1, 0.15) is 17.3 Å². The van der Waals surface area contributed by atoms with Gasteiger partial charge in [-0.2, -0.15) is 0 Å². The first-order valence-corrected chi connectivity index (χ1v) is 10.8. The maximum absolute atomic E-state index is 13.2.